The lowest BCUT2D eigenvalue weighted by atomic mass is 9.86. The van der Waals surface area contributed by atoms with Crippen molar-refractivity contribution in [3.8, 4) is 44.8 Å². The van der Waals surface area contributed by atoms with Crippen molar-refractivity contribution in [1.29, 1.82) is 0 Å². The molecule has 0 saturated heterocycles. The van der Waals surface area contributed by atoms with E-state index < -0.39 is 0 Å². The molecule has 2 aromatic heterocycles. The van der Waals surface area contributed by atoms with Crippen molar-refractivity contribution in [2.75, 3.05) is 0 Å². The first kappa shape index (κ1) is 24.7. The Bertz CT molecular complexity index is 2250. The Balaban J connectivity index is 1.21. The molecule has 0 aliphatic rings. The normalized spacial score (nSPS) is 11.6. The molecule has 0 N–H and O–H groups in total. The van der Waals surface area contributed by atoms with Crippen molar-refractivity contribution in [2.24, 2.45) is 0 Å². The van der Waals surface area contributed by atoms with Gasteiger partial charge in [-0.2, -0.15) is 0 Å². The number of hydrogen-bond acceptors (Lipinski definition) is 2. The van der Waals surface area contributed by atoms with Crippen LogP contribution in [-0.2, 0) is 0 Å². The van der Waals surface area contributed by atoms with Crippen molar-refractivity contribution in [3.05, 3.63) is 158 Å². The van der Waals surface area contributed by atoms with Crippen LogP contribution in [0.1, 0.15) is 0 Å². The predicted molar refractivity (Wildman–Crippen MR) is 185 cm³/mol. The van der Waals surface area contributed by atoms with Crippen LogP contribution >= 0.6 is 0 Å². The van der Waals surface area contributed by atoms with Crippen molar-refractivity contribution in [3.63, 3.8) is 0 Å². The molecule has 0 unspecified atom stereocenters. The first-order chi connectivity index (χ1) is 21.8. The molecule has 0 bridgehead atoms. The summed E-state index contributed by atoms with van der Waals surface area (Å²) in [5.74, 6) is 0. The van der Waals surface area contributed by atoms with Crippen LogP contribution in [0, 0.1) is 0 Å². The average Bonchev–Trinajstić information content (AvgIpc) is 3.11. The molecule has 0 fully saturated rings. The van der Waals surface area contributed by atoms with E-state index in [0.29, 0.717) is 0 Å². The number of fused-ring (bicyclic) bond motifs is 2. The van der Waals surface area contributed by atoms with Crippen molar-refractivity contribution >= 4 is 43.1 Å². The Morgan fingerprint density at radius 2 is 0.682 bits per heavy atom. The van der Waals surface area contributed by atoms with Gasteiger partial charge in [-0.05, 0) is 66.3 Å². The summed E-state index contributed by atoms with van der Waals surface area (Å²) >= 11 is 0. The molecule has 0 aliphatic carbocycles. The topological polar surface area (TPSA) is 25.8 Å². The second kappa shape index (κ2) is 9.86. The molecule has 2 heterocycles. The van der Waals surface area contributed by atoms with E-state index >= 15 is 0 Å². The first-order valence-corrected chi connectivity index (χ1v) is 15.0. The van der Waals surface area contributed by atoms with Gasteiger partial charge >= 0.3 is 0 Å². The third-order valence-electron chi connectivity index (χ3n) is 8.95. The van der Waals surface area contributed by atoms with Crippen LogP contribution in [-0.4, -0.2) is 9.97 Å². The Morgan fingerprint density at radius 3 is 1.09 bits per heavy atom. The summed E-state index contributed by atoms with van der Waals surface area (Å²) in [6.07, 6.45) is 3.97. The molecule has 0 saturated carbocycles. The van der Waals surface area contributed by atoms with Gasteiger partial charge in [-0.15, -0.1) is 0 Å². The highest BCUT2D eigenvalue weighted by molar-refractivity contribution is 6.35. The van der Waals surface area contributed by atoms with E-state index in [-0.39, 0.29) is 0 Å². The van der Waals surface area contributed by atoms with Crippen molar-refractivity contribution < 1.29 is 0 Å². The lowest BCUT2D eigenvalue weighted by Crippen LogP contribution is -1.92. The molecule has 0 spiro atoms. The maximum absolute atomic E-state index is 4.93. The van der Waals surface area contributed by atoms with E-state index in [9.17, 15) is 0 Å². The summed E-state index contributed by atoms with van der Waals surface area (Å²) in [5.41, 5.74) is 8.87. The predicted octanol–water partition coefficient (Wildman–Crippen LogP) is 11.2. The van der Waals surface area contributed by atoms with Gasteiger partial charge in [0.05, 0.1) is 11.4 Å². The van der Waals surface area contributed by atoms with Gasteiger partial charge in [-0.3, -0.25) is 9.97 Å². The van der Waals surface area contributed by atoms with E-state index in [1.165, 1.54) is 54.2 Å². The van der Waals surface area contributed by atoms with Crippen LogP contribution < -0.4 is 0 Å². The highest BCUT2D eigenvalue weighted by Crippen LogP contribution is 2.44. The van der Waals surface area contributed by atoms with Crippen LogP contribution in [0.3, 0.4) is 0 Å². The van der Waals surface area contributed by atoms with Crippen LogP contribution in [0.2, 0.25) is 0 Å². The van der Waals surface area contributed by atoms with Gasteiger partial charge in [0, 0.05) is 34.6 Å². The number of benzene rings is 7. The maximum Gasteiger partial charge on any atom is 0.0708 e. The fraction of sp³-hybridized carbons (Fsp3) is 0. The number of nitrogens with zero attached hydrogens (tertiary/aromatic N) is 2. The molecular weight excluding hydrogens is 532 g/mol. The molecule has 0 radical (unpaired) electrons. The van der Waals surface area contributed by atoms with Crippen molar-refractivity contribution in [2.45, 2.75) is 0 Å². The van der Waals surface area contributed by atoms with E-state index in [2.05, 4.69) is 133 Å². The summed E-state index contributed by atoms with van der Waals surface area (Å²) in [6.45, 7) is 0. The zero-order valence-electron chi connectivity index (χ0n) is 23.9. The lowest BCUT2D eigenvalue weighted by Gasteiger charge is -2.18. The van der Waals surface area contributed by atoms with Gasteiger partial charge in [0.2, 0.25) is 0 Å². The minimum Gasteiger partial charge on any atom is -0.256 e. The van der Waals surface area contributed by atoms with Crippen LogP contribution in [0.5, 0.6) is 0 Å². The minimum absolute atomic E-state index is 0.984. The number of rotatable bonds is 4. The standard InChI is InChI=1S/C42H26N2/c1-3-9-27(10-4-1)29-17-23-39(43-25-29)31-19-21-37-36-16-8-14-34-32(40-24-18-30(26-44-40)28-11-5-2-6-12-28)20-22-38(42(34)36)35-15-7-13-33(31)41(35)37/h1-26H. The van der Waals surface area contributed by atoms with Gasteiger partial charge in [-0.25, -0.2) is 0 Å². The number of pyridine rings is 2. The van der Waals surface area contributed by atoms with Gasteiger partial charge in [0.15, 0.2) is 0 Å². The molecule has 0 aliphatic heterocycles. The molecule has 204 valence electrons. The number of hydrogen-bond donors (Lipinski definition) is 0. The fourth-order valence-electron chi connectivity index (χ4n) is 6.87. The van der Waals surface area contributed by atoms with E-state index in [4.69, 9.17) is 9.97 Å². The maximum atomic E-state index is 4.93. The molecule has 9 aromatic rings. The number of aromatic nitrogens is 2. The second-order valence-electron chi connectivity index (χ2n) is 11.4. The zero-order chi connectivity index (χ0) is 29.0. The van der Waals surface area contributed by atoms with Gasteiger partial charge < -0.3 is 0 Å². The van der Waals surface area contributed by atoms with Gasteiger partial charge in [0.25, 0.3) is 0 Å². The SMILES string of the molecule is c1ccc(-c2ccc(-c3ccc4c5cccc6c(-c7ccc(-c8ccccc8)cn7)ccc(c7cccc3c74)c65)nc2)cc1. The van der Waals surface area contributed by atoms with E-state index in [1.54, 1.807) is 0 Å². The fourth-order valence-corrected chi connectivity index (χ4v) is 6.87. The first-order valence-electron chi connectivity index (χ1n) is 15.0. The quantitative estimate of drug-likeness (QED) is 0.159. The van der Waals surface area contributed by atoms with Crippen LogP contribution in [0.15, 0.2) is 158 Å². The molecule has 44 heavy (non-hydrogen) atoms. The third kappa shape index (κ3) is 3.82. The average molecular weight is 559 g/mol. The molecule has 2 nitrogen and oxygen atoms in total. The highest BCUT2D eigenvalue weighted by atomic mass is 14.7. The minimum atomic E-state index is 0.984. The van der Waals surface area contributed by atoms with Crippen molar-refractivity contribution in [1.82, 2.24) is 9.97 Å². The molecule has 9 rings (SSSR count). The van der Waals surface area contributed by atoms with Crippen LogP contribution in [0.4, 0.5) is 0 Å². The molecule has 0 amide bonds. The molecule has 7 aromatic carbocycles. The summed E-state index contributed by atoms with van der Waals surface area (Å²) in [7, 11) is 0. The third-order valence-corrected chi connectivity index (χ3v) is 8.95. The largest absolute Gasteiger partial charge is 0.256 e. The smallest absolute Gasteiger partial charge is 0.0708 e. The Kier molecular flexibility index (Phi) is 5.54. The Hall–Kier alpha value is -5.86. The van der Waals surface area contributed by atoms with Crippen LogP contribution in [0.25, 0.3) is 87.9 Å². The highest BCUT2D eigenvalue weighted by Gasteiger charge is 2.18. The molecular formula is C42H26N2. The molecule has 0 atom stereocenters. The van der Waals surface area contributed by atoms with Gasteiger partial charge in [-0.1, -0.05) is 133 Å². The lowest BCUT2D eigenvalue weighted by molar-refractivity contribution is 1.33. The summed E-state index contributed by atoms with van der Waals surface area (Å²) in [4.78, 5) is 9.85. The monoisotopic (exact) mass is 558 g/mol. The Morgan fingerprint density at radius 1 is 0.273 bits per heavy atom. The van der Waals surface area contributed by atoms with Gasteiger partial charge in [0.1, 0.15) is 0 Å². The Labute approximate surface area is 255 Å². The zero-order valence-corrected chi connectivity index (χ0v) is 23.9. The molecule has 2 heteroatoms. The van der Waals surface area contributed by atoms with E-state index in [1.807, 2.05) is 24.5 Å². The second-order valence-corrected chi connectivity index (χ2v) is 11.4. The summed E-state index contributed by atoms with van der Waals surface area (Å²) in [5, 5.41) is 10.1. The van der Waals surface area contributed by atoms with E-state index in [0.717, 1.165) is 33.6 Å². The summed E-state index contributed by atoms with van der Waals surface area (Å²) < 4.78 is 0. The summed E-state index contributed by atoms with van der Waals surface area (Å²) in [6, 6.07) is 51.9.